The summed E-state index contributed by atoms with van der Waals surface area (Å²) < 4.78 is 11.7. The molecule has 2 saturated carbocycles. The minimum Gasteiger partial charge on any atom is -0.490 e. The van der Waals surface area contributed by atoms with Gasteiger partial charge in [0.2, 0.25) is 5.91 Å². The maximum Gasteiger partial charge on any atom is 0.222 e. The van der Waals surface area contributed by atoms with Gasteiger partial charge >= 0.3 is 0 Å². The molecular weight excluding hydrogens is 724 g/mol. The molecule has 55 heavy (non-hydrogen) atoms. The van der Waals surface area contributed by atoms with Crippen LogP contribution in [0.25, 0.3) is 11.1 Å². The Labute approximate surface area is 329 Å². The zero-order valence-electron chi connectivity index (χ0n) is 31.9. The fourth-order valence-corrected chi connectivity index (χ4v) is 7.48. The van der Waals surface area contributed by atoms with Crippen LogP contribution in [0.15, 0.2) is 60.9 Å². The van der Waals surface area contributed by atoms with Crippen molar-refractivity contribution in [2.24, 2.45) is 0 Å². The molecular formula is C43H59ClN2O9. The van der Waals surface area contributed by atoms with Crippen LogP contribution in [0.3, 0.4) is 0 Å². The first-order valence-electron chi connectivity index (χ1n) is 19.8. The molecule has 0 radical (unpaired) electrons. The highest BCUT2D eigenvalue weighted by atomic mass is 35.5. The lowest BCUT2D eigenvalue weighted by Crippen LogP contribution is -2.46. The second-order valence-electron chi connectivity index (χ2n) is 15.3. The van der Waals surface area contributed by atoms with Crippen LogP contribution in [0.2, 0.25) is 5.02 Å². The van der Waals surface area contributed by atoms with Gasteiger partial charge in [-0.1, -0.05) is 55.3 Å². The Morgan fingerprint density at radius 3 is 2.44 bits per heavy atom. The van der Waals surface area contributed by atoms with E-state index in [-0.39, 0.29) is 49.9 Å². The number of para-hydroxylation sites is 1. The van der Waals surface area contributed by atoms with Crippen molar-refractivity contribution < 1.29 is 44.9 Å². The van der Waals surface area contributed by atoms with Gasteiger partial charge in [0.1, 0.15) is 24.1 Å². The quantitative estimate of drug-likeness (QED) is 0.0648. The van der Waals surface area contributed by atoms with E-state index in [2.05, 4.69) is 48.3 Å². The van der Waals surface area contributed by atoms with Crippen molar-refractivity contribution in [3.05, 3.63) is 82.6 Å². The van der Waals surface area contributed by atoms with Gasteiger partial charge in [0.05, 0.1) is 38.6 Å². The molecule has 0 aliphatic heterocycles. The standard InChI is InChI=1S/C43H59ClN2O9/c1-29(6-4-5-21-46(22-24-54-25-23-47)40(51)14-13-37(49)41(52)42(53)38(50)28-48)30-9-12-36(44)31(26-30)15-17-43(18-19-43)35-27-45-20-16-33(35)34-7-2-3-8-39(34)55-32-10-11-32/h2-3,7-9,12,16,20,26-27,29,32,37-38,41-42,47-50,52-53H,4-6,10-11,13-15,17-19,21-25,28H2,1H3/t29?,37-,38+,41+,42+/m0/s1. The zero-order chi connectivity index (χ0) is 39.4. The van der Waals surface area contributed by atoms with Crippen LogP contribution < -0.4 is 4.74 Å². The summed E-state index contributed by atoms with van der Waals surface area (Å²) in [6, 6.07) is 16.8. The first-order chi connectivity index (χ1) is 26.6. The van der Waals surface area contributed by atoms with Crippen molar-refractivity contribution in [1.29, 1.82) is 0 Å². The number of aromatic nitrogens is 1. The largest absolute Gasteiger partial charge is 0.490 e. The molecule has 1 aromatic heterocycles. The third kappa shape index (κ3) is 12.2. The average Bonchev–Trinajstić information content (AvgIpc) is 4.16. The smallest absolute Gasteiger partial charge is 0.222 e. The third-order valence-electron chi connectivity index (χ3n) is 11.1. The first kappa shape index (κ1) is 43.0. The number of rotatable bonds is 25. The van der Waals surface area contributed by atoms with Gasteiger partial charge in [-0.15, -0.1) is 0 Å². The normalized spacial score (nSPS) is 17.6. The number of hydrogen-bond acceptors (Lipinski definition) is 10. The van der Waals surface area contributed by atoms with Crippen LogP contribution in [-0.2, 0) is 21.4 Å². The highest BCUT2D eigenvalue weighted by Gasteiger charge is 2.45. The topological polar surface area (TPSA) is 173 Å². The summed E-state index contributed by atoms with van der Waals surface area (Å²) in [5, 5.41) is 58.8. The zero-order valence-corrected chi connectivity index (χ0v) is 32.7. The summed E-state index contributed by atoms with van der Waals surface area (Å²) in [6.45, 7) is 2.50. The Morgan fingerprint density at radius 2 is 1.71 bits per heavy atom. The number of unbranched alkanes of at least 4 members (excludes halogenated alkanes) is 1. The number of halogens is 1. The molecule has 2 fully saturated rings. The van der Waals surface area contributed by atoms with Gasteiger partial charge in [-0.25, -0.2) is 0 Å². The Bertz CT molecular complexity index is 1650. The Morgan fingerprint density at radius 1 is 0.945 bits per heavy atom. The molecule has 12 heteroatoms. The van der Waals surface area contributed by atoms with Gasteiger partial charge in [-0.2, -0.15) is 0 Å². The summed E-state index contributed by atoms with van der Waals surface area (Å²) in [5.41, 5.74) is 6.02. The molecule has 2 aliphatic rings. The van der Waals surface area contributed by atoms with E-state index in [1.807, 2.05) is 24.5 Å². The molecule has 6 N–H and O–H groups in total. The van der Waals surface area contributed by atoms with E-state index in [0.29, 0.717) is 19.2 Å². The Balaban J connectivity index is 1.14. The number of amides is 1. The number of benzene rings is 2. The molecule has 5 atom stereocenters. The minimum atomic E-state index is -1.74. The summed E-state index contributed by atoms with van der Waals surface area (Å²) in [6.07, 6.45) is 6.27. The van der Waals surface area contributed by atoms with Crippen LogP contribution in [0.4, 0.5) is 0 Å². The minimum absolute atomic E-state index is 0.0508. The predicted octanol–water partition coefficient (Wildman–Crippen LogP) is 4.94. The number of nitrogens with zero attached hydrogens (tertiary/aromatic N) is 2. The second-order valence-corrected chi connectivity index (χ2v) is 15.7. The molecule has 1 amide bonds. The van der Waals surface area contributed by atoms with Crippen LogP contribution >= 0.6 is 11.6 Å². The number of aryl methyl sites for hydroxylation is 1. The lowest BCUT2D eigenvalue weighted by molar-refractivity contribution is -0.135. The van der Waals surface area contributed by atoms with Crippen LogP contribution in [0.1, 0.15) is 93.7 Å². The van der Waals surface area contributed by atoms with Crippen molar-refractivity contribution in [2.75, 3.05) is 39.5 Å². The van der Waals surface area contributed by atoms with E-state index in [0.717, 1.165) is 79.7 Å². The van der Waals surface area contributed by atoms with Gasteiger partial charge < -0.3 is 45.0 Å². The van der Waals surface area contributed by atoms with E-state index in [4.69, 9.17) is 31.3 Å². The summed E-state index contributed by atoms with van der Waals surface area (Å²) in [5.74, 6) is 0.970. The van der Waals surface area contributed by atoms with Crippen molar-refractivity contribution in [3.8, 4) is 16.9 Å². The second kappa shape index (κ2) is 20.9. The van der Waals surface area contributed by atoms with Gasteiger partial charge in [-0.3, -0.25) is 9.78 Å². The van der Waals surface area contributed by atoms with E-state index >= 15 is 0 Å². The number of carbonyl (C=O) groups excluding carboxylic acids is 1. The van der Waals surface area contributed by atoms with E-state index < -0.39 is 31.0 Å². The number of pyridine rings is 1. The Hall–Kier alpha value is -3.13. The SMILES string of the molecule is CC(CCCCN(CCOCCO)C(=O)CC[C@H](O)[C@@H](O)[C@H](O)[C@H](O)CO)c1ccc(Cl)c(CCC2(c3cnccc3-c3ccccc3OC3CC3)CC2)c1. The number of aliphatic hydroxyl groups excluding tert-OH is 6. The highest BCUT2D eigenvalue weighted by molar-refractivity contribution is 6.31. The van der Waals surface area contributed by atoms with Crippen LogP contribution in [0, 0.1) is 0 Å². The number of carbonyl (C=O) groups is 1. The third-order valence-corrected chi connectivity index (χ3v) is 11.5. The van der Waals surface area contributed by atoms with Crippen LogP contribution in [-0.4, -0.2) is 116 Å². The lowest BCUT2D eigenvalue weighted by Gasteiger charge is -2.27. The summed E-state index contributed by atoms with van der Waals surface area (Å²) in [4.78, 5) is 19.4. The average molecular weight is 783 g/mol. The van der Waals surface area contributed by atoms with Crippen molar-refractivity contribution in [1.82, 2.24) is 9.88 Å². The van der Waals surface area contributed by atoms with Gasteiger partial charge in [0.15, 0.2) is 0 Å². The number of ether oxygens (including phenoxy) is 2. The fourth-order valence-electron chi connectivity index (χ4n) is 7.27. The van der Waals surface area contributed by atoms with Crippen molar-refractivity contribution in [2.45, 2.75) is 119 Å². The Kier molecular flexibility index (Phi) is 16.3. The highest BCUT2D eigenvalue weighted by Crippen LogP contribution is 2.55. The molecule has 302 valence electrons. The molecule has 5 rings (SSSR count). The maximum atomic E-state index is 13.1. The molecule has 11 nitrogen and oxygen atoms in total. The molecule has 2 aromatic carbocycles. The molecule has 0 spiro atoms. The number of hydrogen-bond donors (Lipinski definition) is 6. The fraction of sp³-hybridized carbons (Fsp3) is 0.581. The van der Waals surface area contributed by atoms with E-state index in [1.165, 1.54) is 16.7 Å². The number of aliphatic hydroxyl groups is 6. The van der Waals surface area contributed by atoms with Gasteiger partial charge in [0.25, 0.3) is 0 Å². The first-order valence-corrected chi connectivity index (χ1v) is 20.2. The molecule has 3 aromatic rings. The molecule has 0 saturated heterocycles. The maximum absolute atomic E-state index is 13.1. The summed E-state index contributed by atoms with van der Waals surface area (Å²) in [7, 11) is 0. The van der Waals surface area contributed by atoms with Crippen LogP contribution in [0.5, 0.6) is 5.75 Å². The van der Waals surface area contributed by atoms with Crippen molar-refractivity contribution in [3.63, 3.8) is 0 Å². The predicted molar refractivity (Wildman–Crippen MR) is 211 cm³/mol. The lowest BCUT2D eigenvalue weighted by atomic mass is 9.84. The molecule has 0 bridgehead atoms. The van der Waals surface area contributed by atoms with E-state index in [9.17, 15) is 25.2 Å². The summed E-state index contributed by atoms with van der Waals surface area (Å²) >= 11 is 6.80. The van der Waals surface area contributed by atoms with Gasteiger partial charge in [0, 0.05) is 42.5 Å². The van der Waals surface area contributed by atoms with E-state index in [1.54, 1.807) is 4.90 Å². The molecule has 2 aliphatic carbocycles. The molecule has 1 unspecified atom stereocenters. The monoisotopic (exact) mass is 782 g/mol. The molecule has 1 heterocycles. The van der Waals surface area contributed by atoms with Gasteiger partial charge in [-0.05, 0) is 110 Å². The van der Waals surface area contributed by atoms with Crippen molar-refractivity contribution >= 4 is 17.5 Å².